The summed E-state index contributed by atoms with van der Waals surface area (Å²) in [6.45, 7) is 0. The molecule has 0 bridgehead atoms. The lowest BCUT2D eigenvalue weighted by molar-refractivity contribution is -0.118. The molecule has 0 spiro atoms. The zero-order chi connectivity index (χ0) is 19.7. The molecule has 1 aliphatic heterocycles. The van der Waals surface area contributed by atoms with E-state index in [-0.39, 0.29) is 12.3 Å². The van der Waals surface area contributed by atoms with Gasteiger partial charge in [0, 0.05) is 10.4 Å². The molecule has 2 aromatic rings. The number of amides is 1. The lowest BCUT2D eigenvalue weighted by Gasteiger charge is -2.11. The number of carbonyl (C=O) groups excluding carboxylic acids is 3. The average molecular weight is 399 g/mol. The normalized spacial score (nSPS) is 17.9. The van der Waals surface area contributed by atoms with Gasteiger partial charge in [0.2, 0.25) is 5.91 Å². The molecule has 1 aliphatic carbocycles. The van der Waals surface area contributed by atoms with Crippen LogP contribution in [0.5, 0.6) is 0 Å². The Labute approximate surface area is 166 Å². The second-order valence-electron chi connectivity index (χ2n) is 6.99. The number of rotatable bonds is 4. The molecule has 2 aliphatic rings. The fourth-order valence-electron chi connectivity index (χ4n) is 3.87. The van der Waals surface area contributed by atoms with Crippen LogP contribution in [0.1, 0.15) is 68.5 Å². The van der Waals surface area contributed by atoms with Crippen molar-refractivity contribution in [2.75, 3.05) is 12.4 Å². The van der Waals surface area contributed by atoms with Crippen LogP contribution in [0.4, 0.5) is 5.00 Å². The van der Waals surface area contributed by atoms with E-state index in [0.717, 1.165) is 48.1 Å². The maximum absolute atomic E-state index is 12.7. The van der Waals surface area contributed by atoms with Gasteiger partial charge in [0.25, 0.3) is 0 Å². The van der Waals surface area contributed by atoms with Gasteiger partial charge < -0.3 is 14.8 Å². The predicted octanol–water partition coefficient (Wildman–Crippen LogP) is 4.04. The Morgan fingerprint density at radius 2 is 2.00 bits per heavy atom. The Bertz CT molecular complexity index is 948. The van der Waals surface area contributed by atoms with Gasteiger partial charge >= 0.3 is 11.9 Å². The predicted molar refractivity (Wildman–Crippen MR) is 105 cm³/mol. The van der Waals surface area contributed by atoms with Crippen molar-refractivity contribution in [3.05, 3.63) is 51.4 Å². The van der Waals surface area contributed by atoms with Crippen LogP contribution in [0.2, 0.25) is 0 Å². The van der Waals surface area contributed by atoms with Crippen molar-refractivity contribution in [3.63, 3.8) is 0 Å². The smallest absolute Gasteiger partial charge is 0.341 e. The van der Waals surface area contributed by atoms with Gasteiger partial charge in [-0.2, -0.15) is 0 Å². The lowest BCUT2D eigenvalue weighted by atomic mass is 10.0. The Kier molecular flexibility index (Phi) is 5.17. The minimum absolute atomic E-state index is 0.00589. The van der Waals surface area contributed by atoms with Crippen LogP contribution in [0.25, 0.3) is 0 Å². The molecule has 0 saturated carbocycles. The number of hydrogen-bond donors (Lipinski definition) is 1. The van der Waals surface area contributed by atoms with E-state index in [0.29, 0.717) is 16.1 Å². The number of carbonyl (C=O) groups is 3. The number of thiophene rings is 1. The summed E-state index contributed by atoms with van der Waals surface area (Å²) in [6, 6.07) is 7.08. The summed E-state index contributed by atoms with van der Waals surface area (Å²) in [7, 11) is 1.35. The van der Waals surface area contributed by atoms with Crippen LogP contribution < -0.4 is 5.32 Å². The van der Waals surface area contributed by atoms with Gasteiger partial charge in [-0.05, 0) is 37.3 Å². The third-order valence-electron chi connectivity index (χ3n) is 5.21. The zero-order valence-electron chi connectivity index (χ0n) is 15.6. The molecule has 1 N–H and O–H groups in total. The number of cyclic esters (lactones) is 1. The molecular weight excluding hydrogens is 378 g/mol. The topological polar surface area (TPSA) is 81.7 Å². The Morgan fingerprint density at radius 3 is 2.82 bits per heavy atom. The average Bonchev–Trinajstić information content (AvgIpc) is 3.08. The van der Waals surface area contributed by atoms with Crippen molar-refractivity contribution in [3.8, 4) is 0 Å². The standard InChI is InChI=1S/C21H21NO5S/c1-26-21(25)18-14-9-3-2-4-10-16(14)28-19(18)22-17(23)11-15-12-7-5-6-8-13(12)20(24)27-15/h5-8,15H,2-4,9-11H2,1H3,(H,22,23)/t15-/m0/s1. The molecule has 6 nitrogen and oxygen atoms in total. The summed E-state index contributed by atoms with van der Waals surface area (Å²) in [5, 5.41) is 3.39. The fourth-order valence-corrected chi connectivity index (χ4v) is 5.16. The molecule has 2 heterocycles. The number of hydrogen-bond acceptors (Lipinski definition) is 6. The molecule has 1 amide bonds. The molecule has 0 fully saturated rings. The first-order valence-electron chi connectivity index (χ1n) is 9.41. The lowest BCUT2D eigenvalue weighted by Crippen LogP contribution is -2.17. The van der Waals surface area contributed by atoms with E-state index in [1.165, 1.54) is 18.4 Å². The van der Waals surface area contributed by atoms with Gasteiger partial charge in [-0.1, -0.05) is 24.6 Å². The number of esters is 2. The highest BCUT2D eigenvalue weighted by Crippen LogP contribution is 2.39. The molecule has 0 saturated heterocycles. The van der Waals surface area contributed by atoms with Crippen molar-refractivity contribution >= 4 is 34.2 Å². The van der Waals surface area contributed by atoms with Crippen molar-refractivity contribution in [1.29, 1.82) is 0 Å². The maximum Gasteiger partial charge on any atom is 0.341 e. The van der Waals surface area contributed by atoms with Gasteiger partial charge in [-0.25, -0.2) is 9.59 Å². The molecular formula is C21H21NO5S. The van der Waals surface area contributed by atoms with Crippen molar-refractivity contribution < 1.29 is 23.9 Å². The number of benzene rings is 1. The second kappa shape index (κ2) is 7.75. The van der Waals surface area contributed by atoms with Crippen LogP contribution in [0.15, 0.2) is 24.3 Å². The SMILES string of the molecule is COC(=O)c1c(NC(=O)C[C@@H]2OC(=O)c3ccccc32)sc2c1CCCCC2. The summed E-state index contributed by atoms with van der Waals surface area (Å²) in [4.78, 5) is 38.2. The summed E-state index contributed by atoms with van der Waals surface area (Å²) >= 11 is 1.45. The maximum atomic E-state index is 12.7. The van der Waals surface area contributed by atoms with Crippen LogP contribution in [-0.2, 0) is 27.1 Å². The largest absolute Gasteiger partial charge is 0.465 e. The van der Waals surface area contributed by atoms with Crippen molar-refractivity contribution in [2.24, 2.45) is 0 Å². The summed E-state index contributed by atoms with van der Waals surface area (Å²) in [6.07, 6.45) is 4.37. The first-order chi connectivity index (χ1) is 13.6. The molecule has 7 heteroatoms. The van der Waals surface area contributed by atoms with E-state index >= 15 is 0 Å². The van der Waals surface area contributed by atoms with E-state index in [4.69, 9.17) is 9.47 Å². The van der Waals surface area contributed by atoms with Crippen molar-refractivity contribution in [2.45, 2.75) is 44.6 Å². The molecule has 1 aromatic heterocycles. The number of anilines is 1. The Balaban J connectivity index is 1.55. The van der Waals surface area contributed by atoms with E-state index in [1.54, 1.807) is 18.2 Å². The molecule has 1 atom stereocenters. The Hall–Kier alpha value is -2.67. The Morgan fingerprint density at radius 1 is 1.21 bits per heavy atom. The van der Waals surface area contributed by atoms with E-state index in [9.17, 15) is 14.4 Å². The van der Waals surface area contributed by atoms with Crippen LogP contribution in [-0.4, -0.2) is 25.0 Å². The minimum Gasteiger partial charge on any atom is -0.465 e. The van der Waals surface area contributed by atoms with E-state index < -0.39 is 18.0 Å². The number of aryl methyl sites for hydroxylation is 1. The summed E-state index contributed by atoms with van der Waals surface area (Å²) in [5.41, 5.74) is 2.69. The van der Waals surface area contributed by atoms with Gasteiger partial charge in [0.1, 0.15) is 11.1 Å². The third-order valence-corrected chi connectivity index (χ3v) is 6.42. The fraction of sp³-hybridized carbons (Fsp3) is 0.381. The van der Waals surface area contributed by atoms with Crippen LogP contribution >= 0.6 is 11.3 Å². The van der Waals surface area contributed by atoms with Gasteiger partial charge in [0.15, 0.2) is 0 Å². The third kappa shape index (κ3) is 3.42. The summed E-state index contributed by atoms with van der Waals surface area (Å²) in [5.74, 6) is -1.13. The molecule has 0 radical (unpaired) electrons. The quantitative estimate of drug-likeness (QED) is 0.620. The highest BCUT2D eigenvalue weighted by atomic mass is 32.1. The first kappa shape index (κ1) is 18.7. The van der Waals surface area contributed by atoms with Crippen LogP contribution in [0, 0.1) is 0 Å². The number of ether oxygens (including phenoxy) is 2. The molecule has 4 rings (SSSR count). The van der Waals surface area contributed by atoms with E-state index in [1.807, 2.05) is 6.07 Å². The van der Waals surface area contributed by atoms with Gasteiger partial charge in [0.05, 0.1) is 24.7 Å². The first-order valence-corrected chi connectivity index (χ1v) is 10.2. The van der Waals surface area contributed by atoms with Crippen LogP contribution in [0.3, 0.4) is 0 Å². The monoisotopic (exact) mass is 399 g/mol. The highest BCUT2D eigenvalue weighted by Gasteiger charge is 2.33. The second-order valence-corrected chi connectivity index (χ2v) is 8.10. The highest BCUT2D eigenvalue weighted by molar-refractivity contribution is 7.17. The van der Waals surface area contributed by atoms with Gasteiger partial charge in [-0.15, -0.1) is 11.3 Å². The molecule has 146 valence electrons. The minimum atomic E-state index is -0.608. The van der Waals surface area contributed by atoms with Crippen molar-refractivity contribution in [1.82, 2.24) is 0 Å². The molecule has 1 aromatic carbocycles. The summed E-state index contributed by atoms with van der Waals surface area (Å²) < 4.78 is 10.3. The zero-order valence-corrected chi connectivity index (χ0v) is 16.4. The van der Waals surface area contributed by atoms with E-state index in [2.05, 4.69) is 5.32 Å². The number of nitrogens with one attached hydrogen (secondary N) is 1. The number of methoxy groups -OCH3 is 1. The molecule has 28 heavy (non-hydrogen) atoms. The number of fused-ring (bicyclic) bond motifs is 2. The molecule has 0 unspecified atom stereocenters. The van der Waals surface area contributed by atoms with Gasteiger partial charge in [-0.3, -0.25) is 4.79 Å².